The Balaban J connectivity index is 1.82. The first kappa shape index (κ1) is 12.7. The molecule has 0 fully saturated rings. The third-order valence-corrected chi connectivity index (χ3v) is 2.98. The quantitative estimate of drug-likeness (QED) is 0.843. The third-order valence-electron chi connectivity index (χ3n) is 2.98. The van der Waals surface area contributed by atoms with Gasteiger partial charge in [0, 0.05) is 12.6 Å². The Kier molecular flexibility index (Phi) is 4.37. The first-order valence-corrected chi connectivity index (χ1v) is 6.29. The van der Waals surface area contributed by atoms with Crippen LogP contribution in [0.1, 0.15) is 18.1 Å². The number of aromatic hydroxyl groups is 1. The van der Waals surface area contributed by atoms with Crippen molar-refractivity contribution in [2.24, 2.45) is 0 Å². The molecule has 2 heteroatoms. The zero-order chi connectivity index (χ0) is 12.8. The second-order valence-electron chi connectivity index (χ2n) is 4.64. The smallest absolute Gasteiger partial charge is 0.115 e. The van der Waals surface area contributed by atoms with Crippen LogP contribution >= 0.6 is 0 Å². The molecule has 0 radical (unpaired) electrons. The summed E-state index contributed by atoms with van der Waals surface area (Å²) >= 11 is 0. The van der Waals surface area contributed by atoms with Gasteiger partial charge in [-0.25, -0.2) is 0 Å². The zero-order valence-electron chi connectivity index (χ0n) is 10.6. The van der Waals surface area contributed by atoms with Crippen LogP contribution in [0.5, 0.6) is 5.75 Å². The van der Waals surface area contributed by atoms with Crippen molar-refractivity contribution in [3.8, 4) is 5.75 Å². The van der Waals surface area contributed by atoms with Gasteiger partial charge in [0.05, 0.1) is 0 Å². The molecule has 2 rings (SSSR count). The number of rotatable bonds is 5. The molecule has 0 bridgehead atoms. The molecule has 94 valence electrons. The number of nitrogens with one attached hydrogen (secondary N) is 1. The summed E-state index contributed by atoms with van der Waals surface area (Å²) in [5.74, 6) is 0.323. The van der Waals surface area contributed by atoms with Crippen LogP contribution in [0.25, 0.3) is 0 Å². The van der Waals surface area contributed by atoms with Gasteiger partial charge in [0.15, 0.2) is 0 Å². The number of hydrogen-bond donors (Lipinski definition) is 2. The topological polar surface area (TPSA) is 32.3 Å². The molecule has 18 heavy (non-hydrogen) atoms. The molecule has 0 aromatic heterocycles. The molecular formula is C16H19NO. The Morgan fingerprint density at radius 3 is 2.28 bits per heavy atom. The highest BCUT2D eigenvalue weighted by Crippen LogP contribution is 2.11. The molecule has 2 nitrogen and oxygen atoms in total. The van der Waals surface area contributed by atoms with Crippen molar-refractivity contribution in [3.63, 3.8) is 0 Å². The lowest BCUT2D eigenvalue weighted by Gasteiger charge is -2.14. The standard InChI is InChI=1S/C16H19NO/c1-13(11-14-7-9-16(18)10-8-14)17-12-15-5-3-2-4-6-15/h2-10,13,17-18H,11-12H2,1H3. The second kappa shape index (κ2) is 6.22. The van der Waals surface area contributed by atoms with Crippen molar-refractivity contribution in [1.29, 1.82) is 0 Å². The Morgan fingerprint density at radius 2 is 1.61 bits per heavy atom. The molecule has 0 heterocycles. The van der Waals surface area contributed by atoms with Crippen molar-refractivity contribution >= 4 is 0 Å². The maximum Gasteiger partial charge on any atom is 0.115 e. The largest absolute Gasteiger partial charge is 0.508 e. The number of phenols is 1. The van der Waals surface area contributed by atoms with Crippen LogP contribution in [0.3, 0.4) is 0 Å². The van der Waals surface area contributed by atoms with E-state index in [1.54, 1.807) is 12.1 Å². The van der Waals surface area contributed by atoms with Gasteiger partial charge >= 0.3 is 0 Å². The normalized spacial score (nSPS) is 12.3. The Morgan fingerprint density at radius 1 is 0.944 bits per heavy atom. The van der Waals surface area contributed by atoms with Gasteiger partial charge in [0.1, 0.15) is 5.75 Å². The fourth-order valence-corrected chi connectivity index (χ4v) is 1.95. The molecule has 0 saturated carbocycles. The minimum absolute atomic E-state index is 0.323. The van der Waals surface area contributed by atoms with Gasteiger partial charge in [0.2, 0.25) is 0 Å². The lowest BCUT2D eigenvalue weighted by atomic mass is 10.1. The highest BCUT2D eigenvalue weighted by atomic mass is 16.3. The molecular weight excluding hydrogens is 222 g/mol. The van der Waals surface area contributed by atoms with Crippen molar-refractivity contribution in [1.82, 2.24) is 5.32 Å². The lowest BCUT2D eigenvalue weighted by Crippen LogP contribution is -2.27. The molecule has 0 saturated heterocycles. The Bertz CT molecular complexity index is 464. The van der Waals surface area contributed by atoms with Gasteiger partial charge < -0.3 is 10.4 Å². The van der Waals surface area contributed by atoms with E-state index in [1.165, 1.54) is 11.1 Å². The van der Waals surface area contributed by atoms with Crippen molar-refractivity contribution in [3.05, 3.63) is 65.7 Å². The van der Waals surface area contributed by atoms with E-state index in [4.69, 9.17) is 0 Å². The summed E-state index contributed by atoms with van der Waals surface area (Å²) < 4.78 is 0. The van der Waals surface area contributed by atoms with Gasteiger partial charge in [-0.3, -0.25) is 0 Å². The van der Waals surface area contributed by atoms with Crippen LogP contribution < -0.4 is 5.32 Å². The highest BCUT2D eigenvalue weighted by molar-refractivity contribution is 5.26. The number of hydrogen-bond acceptors (Lipinski definition) is 2. The zero-order valence-corrected chi connectivity index (χ0v) is 10.6. The molecule has 0 aliphatic heterocycles. The molecule has 0 amide bonds. The monoisotopic (exact) mass is 241 g/mol. The average molecular weight is 241 g/mol. The molecule has 0 spiro atoms. The average Bonchev–Trinajstić information content (AvgIpc) is 2.40. The van der Waals surface area contributed by atoms with E-state index in [0.717, 1.165) is 13.0 Å². The van der Waals surface area contributed by atoms with Crippen LogP contribution in [-0.4, -0.2) is 11.1 Å². The predicted octanol–water partition coefficient (Wildman–Crippen LogP) is 3.11. The summed E-state index contributed by atoms with van der Waals surface area (Å²) in [4.78, 5) is 0. The van der Waals surface area contributed by atoms with Gasteiger partial charge in [-0.2, -0.15) is 0 Å². The summed E-state index contributed by atoms with van der Waals surface area (Å²) in [6, 6.07) is 18.2. The van der Waals surface area contributed by atoms with E-state index in [0.29, 0.717) is 11.8 Å². The summed E-state index contributed by atoms with van der Waals surface area (Å²) in [6.45, 7) is 3.07. The Labute approximate surface area is 108 Å². The first-order chi connectivity index (χ1) is 8.74. The molecule has 2 aromatic carbocycles. The van der Waals surface area contributed by atoms with Crippen molar-refractivity contribution in [2.75, 3.05) is 0 Å². The van der Waals surface area contributed by atoms with Gasteiger partial charge in [-0.05, 0) is 36.6 Å². The lowest BCUT2D eigenvalue weighted by molar-refractivity contribution is 0.474. The highest BCUT2D eigenvalue weighted by Gasteiger charge is 2.03. The summed E-state index contributed by atoms with van der Waals surface area (Å²) in [7, 11) is 0. The predicted molar refractivity (Wildman–Crippen MR) is 74.6 cm³/mol. The molecule has 1 atom stereocenters. The van der Waals surface area contributed by atoms with E-state index in [-0.39, 0.29) is 0 Å². The van der Waals surface area contributed by atoms with Crippen LogP contribution in [0.2, 0.25) is 0 Å². The maximum atomic E-state index is 9.23. The Hall–Kier alpha value is -1.80. The molecule has 0 aliphatic carbocycles. The first-order valence-electron chi connectivity index (χ1n) is 6.29. The summed E-state index contributed by atoms with van der Waals surface area (Å²) in [5.41, 5.74) is 2.54. The third kappa shape index (κ3) is 3.90. The van der Waals surface area contributed by atoms with E-state index in [9.17, 15) is 5.11 Å². The molecule has 2 N–H and O–H groups in total. The fraction of sp³-hybridized carbons (Fsp3) is 0.250. The van der Waals surface area contributed by atoms with Crippen LogP contribution in [0, 0.1) is 0 Å². The van der Waals surface area contributed by atoms with Crippen molar-refractivity contribution < 1.29 is 5.11 Å². The SMILES string of the molecule is CC(Cc1ccc(O)cc1)NCc1ccccc1. The number of phenolic OH excluding ortho intramolecular Hbond substituents is 1. The minimum atomic E-state index is 0.323. The van der Waals surface area contributed by atoms with E-state index in [2.05, 4.69) is 36.5 Å². The van der Waals surface area contributed by atoms with Gasteiger partial charge in [0.25, 0.3) is 0 Å². The molecule has 0 aliphatic rings. The van der Waals surface area contributed by atoms with E-state index >= 15 is 0 Å². The maximum absolute atomic E-state index is 9.23. The summed E-state index contributed by atoms with van der Waals surface area (Å²) in [5, 5.41) is 12.7. The number of benzene rings is 2. The van der Waals surface area contributed by atoms with E-state index < -0.39 is 0 Å². The van der Waals surface area contributed by atoms with Crippen LogP contribution in [0.4, 0.5) is 0 Å². The van der Waals surface area contributed by atoms with Crippen molar-refractivity contribution in [2.45, 2.75) is 25.9 Å². The fourth-order valence-electron chi connectivity index (χ4n) is 1.95. The van der Waals surface area contributed by atoms with Crippen LogP contribution in [0.15, 0.2) is 54.6 Å². The minimum Gasteiger partial charge on any atom is -0.508 e. The van der Waals surface area contributed by atoms with Gasteiger partial charge in [-0.1, -0.05) is 42.5 Å². The second-order valence-corrected chi connectivity index (χ2v) is 4.64. The van der Waals surface area contributed by atoms with E-state index in [1.807, 2.05) is 18.2 Å². The van der Waals surface area contributed by atoms with Crippen LogP contribution in [-0.2, 0) is 13.0 Å². The van der Waals surface area contributed by atoms with Gasteiger partial charge in [-0.15, -0.1) is 0 Å². The molecule has 1 unspecified atom stereocenters. The molecule has 2 aromatic rings. The summed E-state index contributed by atoms with van der Waals surface area (Å²) in [6.07, 6.45) is 0.965.